The van der Waals surface area contributed by atoms with Crippen molar-refractivity contribution >= 4 is 50.7 Å². The van der Waals surface area contributed by atoms with Gasteiger partial charge in [0.1, 0.15) is 18.3 Å². The van der Waals surface area contributed by atoms with Crippen molar-refractivity contribution in [1.29, 1.82) is 0 Å². The second kappa shape index (κ2) is 12.8. The van der Waals surface area contributed by atoms with E-state index in [-0.39, 0.29) is 34.2 Å². The van der Waals surface area contributed by atoms with Crippen molar-refractivity contribution in [2.24, 2.45) is 0 Å². The average molecular weight is 571 g/mol. The summed E-state index contributed by atoms with van der Waals surface area (Å²) < 4.78 is 31.7. The van der Waals surface area contributed by atoms with E-state index in [2.05, 4.69) is 5.32 Å². The van der Waals surface area contributed by atoms with Crippen LogP contribution in [0, 0.1) is 0 Å². The van der Waals surface area contributed by atoms with E-state index in [0.717, 1.165) is 41.8 Å². The zero-order valence-corrected chi connectivity index (χ0v) is 23.6. The highest BCUT2D eigenvalue weighted by atomic mass is 35.5. The van der Waals surface area contributed by atoms with Gasteiger partial charge in [-0.1, -0.05) is 55.1 Å². The molecule has 0 unspecified atom stereocenters. The molecule has 2 aromatic rings. The molecule has 1 aliphatic rings. The van der Waals surface area contributed by atoms with E-state index in [1.165, 1.54) is 23.1 Å². The van der Waals surface area contributed by atoms with Gasteiger partial charge in [0.25, 0.3) is 0 Å². The Bertz CT molecular complexity index is 1220. The van der Waals surface area contributed by atoms with Crippen molar-refractivity contribution in [3.8, 4) is 5.75 Å². The van der Waals surface area contributed by atoms with Crippen LogP contribution in [0.1, 0.15) is 44.6 Å². The van der Waals surface area contributed by atoms with Gasteiger partial charge in [0.15, 0.2) is 0 Å². The number of halogens is 2. The number of ether oxygens (including phenoxy) is 1. The molecule has 2 aromatic carbocycles. The number of rotatable bonds is 11. The number of benzene rings is 2. The Morgan fingerprint density at radius 2 is 1.84 bits per heavy atom. The predicted octanol–water partition coefficient (Wildman–Crippen LogP) is 4.63. The van der Waals surface area contributed by atoms with E-state index >= 15 is 0 Å². The first-order valence-electron chi connectivity index (χ1n) is 12.2. The molecule has 8 nitrogen and oxygen atoms in total. The molecule has 1 fully saturated rings. The van der Waals surface area contributed by atoms with Crippen LogP contribution in [-0.4, -0.2) is 57.1 Å². The fourth-order valence-electron chi connectivity index (χ4n) is 4.53. The standard InChI is InChI=1S/C26H33Cl2N3O5S/c1-4-23(26(33)29-20-9-5-6-10-20)30(16-18-8-7-11-21(14-18)36-2)25(32)17-31(37(3,34)35)24-15-19(27)12-13-22(24)28/h7-8,11-15,20,23H,4-6,9-10,16-17H2,1-3H3,(H,29,33)/t23-/m1/s1. The summed E-state index contributed by atoms with van der Waals surface area (Å²) in [6, 6.07) is 10.9. The Morgan fingerprint density at radius 1 is 1.14 bits per heavy atom. The van der Waals surface area contributed by atoms with E-state index < -0.39 is 28.5 Å². The van der Waals surface area contributed by atoms with Gasteiger partial charge in [-0.15, -0.1) is 0 Å². The van der Waals surface area contributed by atoms with Crippen LogP contribution in [0.5, 0.6) is 5.75 Å². The van der Waals surface area contributed by atoms with Crippen LogP contribution >= 0.6 is 23.2 Å². The molecule has 0 bridgehead atoms. The third-order valence-corrected chi connectivity index (χ3v) is 8.11. The van der Waals surface area contributed by atoms with Crippen molar-refractivity contribution in [2.75, 3.05) is 24.2 Å². The van der Waals surface area contributed by atoms with E-state index in [1.807, 2.05) is 13.0 Å². The van der Waals surface area contributed by atoms with Crippen molar-refractivity contribution in [3.63, 3.8) is 0 Å². The van der Waals surface area contributed by atoms with Gasteiger partial charge in [0.05, 0.1) is 24.1 Å². The lowest BCUT2D eigenvalue weighted by Crippen LogP contribution is -2.53. The van der Waals surface area contributed by atoms with Crippen LogP contribution in [-0.2, 0) is 26.2 Å². The van der Waals surface area contributed by atoms with Crippen molar-refractivity contribution in [2.45, 2.75) is 57.7 Å². The molecule has 0 radical (unpaired) electrons. The minimum atomic E-state index is -3.92. The molecule has 1 N–H and O–H groups in total. The zero-order chi connectivity index (χ0) is 27.2. The summed E-state index contributed by atoms with van der Waals surface area (Å²) in [6.45, 7) is 1.37. The molecule has 0 saturated heterocycles. The maximum atomic E-state index is 13.8. The first-order chi connectivity index (χ1) is 17.5. The number of carbonyl (C=O) groups excluding carboxylic acids is 2. The number of sulfonamides is 1. The van der Waals surface area contributed by atoms with Gasteiger partial charge in [0, 0.05) is 17.6 Å². The third-order valence-electron chi connectivity index (χ3n) is 6.43. The average Bonchev–Trinajstić information content (AvgIpc) is 3.36. The molecule has 202 valence electrons. The summed E-state index contributed by atoms with van der Waals surface area (Å²) in [7, 11) is -2.37. The molecule has 0 aromatic heterocycles. The summed E-state index contributed by atoms with van der Waals surface area (Å²) >= 11 is 12.4. The molecule has 2 amide bonds. The Kier molecular flexibility index (Phi) is 10.1. The summed E-state index contributed by atoms with van der Waals surface area (Å²) in [6.07, 6.45) is 5.26. The number of hydrogen-bond donors (Lipinski definition) is 1. The first kappa shape index (κ1) is 29.1. The van der Waals surface area contributed by atoms with Gasteiger partial charge in [-0.2, -0.15) is 0 Å². The number of carbonyl (C=O) groups is 2. The smallest absolute Gasteiger partial charge is 0.244 e. The summed E-state index contributed by atoms with van der Waals surface area (Å²) in [5, 5.41) is 3.48. The highest BCUT2D eigenvalue weighted by molar-refractivity contribution is 7.92. The number of hydrogen-bond acceptors (Lipinski definition) is 5. The van der Waals surface area contributed by atoms with Crippen molar-refractivity contribution in [1.82, 2.24) is 10.2 Å². The third kappa shape index (κ3) is 7.75. The lowest BCUT2D eigenvalue weighted by Gasteiger charge is -2.33. The monoisotopic (exact) mass is 569 g/mol. The molecule has 0 aliphatic heterocycles. The van der Waals surface area contributed by atoms with E-state index in [9.17, 15) is 18.0 Å². The van der Waals surface area contributed by atoms with Gasteiger partial charge >= 0.3 is 0 Å². The molecule has 37 heavy (non-hydrogen) atoms. The molecule has 1 atom stereocenters. The summed E-state index contributed by atoms with van der Waals surface area (Å²) in [5.41, 5.74) is 0.835. The SMILES string of the molecule is CC[C@H](C(=O)NC1CCCC1)N(Cc1cccc(OC)c1)C(=O)CN(c1cc(Cl)ccc1Cl)S(C)(=O)=O. The molecule has 3 rings (SSSR count). The predicted molar refractivity (Wildman–Crippen MR) is 147 cm³/mol. The largest absolute Gasteiger partial charge is 0.497 e. The fourth-order valence-corrected chi connectivity index (χ4v) is 5.82. The molecule has 1 aliphatic carbocycles. The van der Waals surface area contributed by atoms with E-state index in [0.29, 0.717) is 12.2 Å². The van der Waals surface area contributed by atoms with Gasteiger partial charge in [-0.05, 0) is 55.2 Å². The zero-order valence-electron chi connectivity index (χ0n) is 21.2. The van der Waals surface area contributed by atoms with Crippen molar-refractivity contribution in [3.05, 3.63) is 58.1 Å². The lowest BCUT2D eigenvalue weighted by atomic mass is 10.1. The van der Waals surface area contributed by atoms with Crippen LogP contribution in [0.15, 0.2) is 42.5 Å². The van der Waals surface area contributed by atoms with Crippen molar-refractivity contribution < 1.29 is 22.7 Å². The second-order valence-corrected chi connectivity index (χ2v) is 11.9. The summed E-state index contributed by atoms with van der Waals surface area (Å²) in [5.74, 6) is -0.188. The van der Waals surface area contributed by atoms with Crippen LogP contribution in [0.25, 0.3) is 0 Å². The van der Waals surface area contributed by atoms with E-state index in [1.54, 1.807) is 25.3 Å². The topological polar surface area (TPSA) is 96.0 Å². The Labute approximate surface area is 228 Å². The maximum absolute atomic E-state index is 13.8. The number of nitrogens with one attached hydrogen (secondary N) is 1. The minimum absolute atomic E-state index is 0.0770. The van der Waals surface area contributed by atoms with Crippen LogP contribution in [0.4, 0.5) is 5.69 Å². The van der Waals surface area contributed by atoms with Gasteiger partial charge < -0.3 is 15.0 Å². The van der Waals surface area contributed by atoms with Gasteiger partial charge in [-0.3, -0.25) is 13.9 Å². The van der Waals surface area contributed by atoms with Crippen LogP contribution in [0.3, 0.4) is 0 Å². The highest BCUT2D eigenvalue weighted by Gasteiger charge is 2.33. The number of nitrogens with zero attached hydrogens (tertiary/aromatic N) is 2. The second-order valence-electron chi connectivity index (χ2n) is 9.15. The van der Waals surface area contributed by atoms with Crippen LogP contribution in [0.2, 0.25) is 10.0 Å². The molecular weight excluding hydrogens is 537 g/mol. The van der Waals surface area contributed by atoms with Crippen LogP contribution < -0.4 is 14.4 Å². The molecular formula is C26H33Cl2N3O5S. The number of amides is 2. The molecule has 0 heterocycles. The molecule has 0 spiro atoms. The number of anilines is 1. The summed E-state index contributed by atoms with van der Waals surface area (Å²) in [4.78, 5) is 28.6. The van der Waals surface area contributed by atoms with Gasteiger partial charge in [0.2, 0.25) is 21.8 Å². The fraction of sp³-hybridized carbons (Fsp3) is 0.462. The quantitative estimate of drug-likeness (QED) is 0.425. The Morgan fingerprint density at radius 3 is 2.46 bits per heavy atom. The maximum Gasteiger partial charge on any atom is 0.244 e. The lowest BCUT2D eigenvalue weighted by molar-refractivity contribution is -0.140. The molecule has 11 heteroatoms. The Hall–Kier alpha value is -2.49. The normalized spacial score (nSPS) is 14.7. The molecule has 1 saturated carbocycles. The first-order valence-corrected chi connectivity index (χ1v) is 14.8. The highest BCUT2D eigenvalue weighted by Crippen LogP contribution is 2.31. The van der Waals surface area contributed by atoms with E-state index in [4.69, 9.17) is 27.9 Å². The number of methoxy groups -OCH3 is 1. The Balaban J connectivity index is 1.96. The minimum Gasteiger partial charge on any atom is -0.497 e. The van der Waals surface area contributed by atoms with Gasteiger partial charge in [-0.25, -0.2) is 8.42 Å².